The Labute approximate surface area is 120 Å². The average molecular weight is 275 g/mol. The van der Waals surface area contributed by atoms with Gasteiger partial charge in [-0.1, -0.05) is 17.9 Å². The summed E-state index contributed by atoms with van der Waals surface area (Å²) in [6.07, 6.45) is 0.0458. The Hall–Kier alpha value is -2.15. The first-order valence-corrected chi connectivity index (χ1v) is 6.53. The molecular formula is C16H21NO3. The molecule has 0 saturated carbocycles. The molecule has 0 aliphatic rings. The maximum atomic E-state index is 11.4. The Morgan fingerprint density at radius 1 is 1.40 bits per heavy atom. The van der Waals surface area contributed by atoms with E-state index >= 15 is 0 Å². The Balaban J connectivity index is 2.38. The third-order valence-corrected chi connectivity index (χ3v) is 2.29. The first-order valence-electron chi connectivity index (χ1n) is 6.53. The fourth-order valence-corrected chi connectivity index (χ4v) is 1.45. The molecule has 0 aliphatic heterocycles. The van der Waals surface area contributed by atoms with E-state index in [1.165, 1.54) is 0 Å². The van der Waals surface area contributed by atoms with Gasteiger partial charge in [-0.15, -0.1) is 0 Å². The van der Waals surface area contributed by atoms with Gasteiger partial charge < -0.3 is 15.2 Å². The molecule has 1 rings (SSSR count). The zero-order valence-electron chi connectivity index (χ0n) is 12.4. The minimum absolute atomic E-state index is 0.178. The van der Waals surface area contributed by atoms with Gasteiger partial charge in [0.1, 0.15) is 11.4 Å². The highest BCUT2D eigenvalue weighted by Crippen LogP contribution is 2.16. The molecule has 0 heterocycles. The van der Waals surface area contributed by atoms with Gasteiger partial charge in [0.2, 0.25) is 0 Å². The van der Waals surface area contributed by atoms with Crippen molar-refractivity contribution in [3.8, 4) is 17.6 Å². The van der Waals surface area contributed by atoms with E-state index in [-0.39, 0.29) is 5.75 Å². The van der Waals surface area contributed by atoms with E-state index in [4.69, 9.17) is 4.74 Å². The lowest BCUT2D eigenvalue weighted by atomic mass is 10.1. The van der Waals surface area contributed by atoms with Crippen LogP contribution in [-0.4, -0.2) is 23.3 Å². The highest BCUT2D eigenvalue weighted by molar-refractivity contribution is 5.67. The van der Waals surface area contributed by atoms with Crippen LogP contribution in [0.4, 0.5) is 4.79 Å². The first-order chi connectivity index (χ1) is 9.28. The number of nitrogens with one attached hydrogen (secondary N) is 1. The van der Waals surface area contributed by atoms with Gasteiger partial charge in [0, 0.05) is 13.0 Å². The van der Waals surface area contributed by atoms with Gasteiger partial charge in [0.05, 0.1) is 5.56 Å². The Kier molecular flexibility index (Phi) is 5.45. The topological polar surface area (TPSA) is 58.6 Å². The van der Waals surface area contributed by atoms with Crippen molar-refractivity contribution in [3.63, 3.8) is 0 Å². The first kappa shape index (κ1) is 15.9. The van der Waals surface area contributed by atoms with Gasteiger partial charge in [-0.2, -0.15) is 0 Å². The third kappa shape index (κ3) is 6.14. The fourth-order valence-electron chi connectivity index (χ4n) is 1.45. The molecule has 20 heavy (non-hydrogen) atoms. The molecule has 0 bridgehead atoms. The maximum absolute atomic E-state index is 11.4. The number of ether oxygens (including phenoxy) is 1. The molecule has 1 aromatic rings. The molecule has 0 unspecified atom stereocenters. The van der Waals surface area contributed by atoms with Crippen LogP contribution >= 0.6 is 0 Å². The zero-order chi connectivity index (χ0) is 15.2. The van der Waals surface area contributed by atoms with Crippen LogP contribution in [0.1, 0.15) is 38.3 Å². The molecule has 108 valence electrons. The number of benzene rings is 1. The maximum Gasteiger partial charge on any atom is 0.407 e. The van der Waals surface area contributed by atoms with Gasteiger partial charge in [-0.05, 0) is 45.4 Å². The van der Waals surface area contributed by atoms with Crippen molar-refractivity contribution in [3.05, 3.63) is 29.3 Å². The van der Waals surface area contributed by atoms with E-state index in [1.807, 2.05) is 33.8 Å². The Morgan fingerprint density at radius 2 is 2.10 bits per heavy atom. The summed E-state index contributed by atoms with van der Waals surface area (Å²) in [7, 11) is 0. The number of phenols is 1. The molecule has 0 atom stereocenters. The minimum Gasteiger partial charge on any atom is -0.507 e. The molecule has 2 N–H and O–H groups in total. The normalized spacial score (nSPS) is 10.4. The zero-order valence-corrected chi connectivity index (χ0v) is 12.4. The minimum atomic E-state index is -0.497. The van der Waals surface area contributed by atoms with Gasteiger partial charge in [0.25, 0.3) is 0 Å². The molecule has 1 amide bonds. The molecule has 4 nitrogen and oxygen atoms in total. The van der Waals surface area contributed by atoms with Gasteiger partial charge in [-0.3, -0.25) is 0 Å². The molecule has 0 saturated heterocycles. The summed E-state index contributed by atoms with van der Waals surface area (Å²) >= 11 is 0. The molecule has 0 fully saturated rings. The number of aromatic hydroxyl groups is 1. The summed E-state index contributed by atoms with van der Waals surface area (Å²) in [5, 5.41) is 12.3. The second-order valence-electron chi connectivity index (χ2n) is 5.50. The van der Waals surface area contributed by atoms with Crippen molar-refractivity contribution in [1.82, 2.24) is 5.32 Å². The van der Waals surface area contributed by atoms with Crippen molar-refractivity contribution < 1.29 is 14.6 Å². The van der Waals surface area contributed by atoms with Gasteiger partial charge in [0.15, 0.2) is 0 Å². The lowest BCUT2D eigenvalue weighted by molar-refractivity contribution is 0.0529. The monoisotopic (exact) mass is 275 g/mol. The number of alkyl carbamates (subject to hydrolysis) is 1. The molecule has 0 aliphatic carbocycles. The smallest absolute Gasteiger partial charge is 0.407 e. The summed E-state index contributed by atoms with van der Waals surface area (Å²) in [5.74, 6) is 5.95. The van der Waals surface area contributed by atoms with Gasteiger partial charge in [-0.25, -0.2) is 4.79 Å². The van der Waals surface area contributed by atoms with Crippen LogP contribution in [0.2, 0.25) is 0 Å². The second kappa shape index (κ2) is 6.85. The summed E-state index contributed by atoms with van der Waals surface area (Å²) in [5.41, 5.74) is 1.08. The second-order valence-corrected chi connectivity index (χ2v) is 5.50. The van der Waals surface area contributed by atoms with Gasteiger partial charge >= 0.3 is 6.09 Å². The SMILES string of the molecule is Cc1ccc(C#CCCNC(=O)OC(C)(C)C)c(O)c1. The summed E-state index contributed by atoms with van der Waals surface area (Å²) in [4.78, 5) is 11.4. The standard InChI is InChI=1S/C16H21NO3/c1-12-8-9-13(14(18)11-12)7-5-6-10-17-15(19)20-16(2,3)4/h8-9,11,18H,6,10H2,1-4H3,(H,17,19). The molecular weight excluding hydrogens is 254 g/mol. The predicted molar refractivity (Wildman–Crippen MR) is 78.6 cm³/mol. The summed E-state index contributed by atoms with van der Waals surface area (Å²) in [6.45, 7) is 7.75. The quantitative estimate of drug-likeness (QED) is 0.644. The van der Waals surface area contributed by atoms with Crippen LogP contribution in [0.15, 0.2) is 18.2 Å². The van der Waals surface area contributed by atoms with Crippen molar-refractivity contribution in [2.24, 2.45) is 0 Å². The van der Waals surface area contributed by atoms with Crippen molar-refractivity contribution in [2.45, 2.75) is 39.7 Å². The largest absolute Gasteiger partial charge is 0.507 e. The average Bonchev–Trinajstić information content (AvgIpc) is 2.28. The highest BCUT2D eigenvalue weighted by atomic mass is 16.6. The van der Waals surface area contributed by atoms with Crippen LogP contribution in [0.25, 0.3) is 0 Å². The highest BCUT2D eigenvalue weighted by Gasteiger charge is 2.15. The number of amides is 1. The van der Waals surface area contributed by atoms with Crippen molar-refractivity contribution in [2.75, 3.05) is 6.54 Å². The Bertz CT molecular complexity index is 533. The third-order valence-electron chi connectivity index (χ3n) is 2.29. The number of carbonyl (C=O) groups is 1. The summed E-state index contributed by atoms with van der Waals surface area (Å²) < 4.78 is 5.10. The van der Waals surface area contributed by atoms with E-state index in [0.29, 0.717) is 18.5 Å². The number of hydrogen-bond donors (Lipinski definition) is 2. The van der Waals surface area contributed by atoms with Crippen molar-refractivity contribution >= 4 is 6.09 Å². The van der Waals surface area contributed by atoms with Crippen molar-refractivity contribution in [1.29, 1.82) is 0 Å². The molecule has 0 spiro atoms. The van der Waals surface area contributed by atoms with Crippen LogP contribution < -0.4 is 5.32 Å². The van der Waals surface area contributed by atoms with E-state index < -0.39 is 11.7 Å². The van der Waals surface area contributed by atoms with E-state index in [2.05, 4.69) is 17.2 Å². The van der Waals surface area contributed by atoms with E-state index in [9.17, 15) is 9.90 Å². The molecule has 1 aromatic carbocycles. The van der Waals surface area contributed by atoms with E-state index in [0.717, 1.165) is 5.56 Å². The molecule has 0 aromatic heterocycles. The number of hydrogen-bond acceptors (Lipinski definition) is 3. The number of phenolic OH excluding ortho intramolecular Hbond substituents is 1. The van der Waals surface area contributed by atoms with E-state index in [1.54, 1.807) is 12.1 Å². The summed E-state index contributed by atoms with van der Waals surface area (Å²) in [6, 6.07) is 5.34. The molecule has 0 radical (unpaired) electrons. The Morgan fingerprint density at radius 3 is 2.70 bits per heavy atom. The molecule has 4 heteroatoms. The lowest BCUT2D eigenvalue weighted by Gasteiger charge is -2.19. The van der Waals surface area contributed by atoms with Crippen LogP contribution in [0, 0.1) is 18.8 Å². The van der Waals surface area contributed by atoms with Crippen LogP contribution in [0.5, 0.6) is 5.75 Å². The number of aryl methyl sites for hydroxylation is 1. The number of carbonyl (C=O) groups excluding carboxylic acids is 1. The van der Waals surface area contributed by atoms with Crippen LogP contribution in [0.3, 0.4) is 0 Å². The van der Waals surface area contributed by atoms with Crippen LogP contribution in [-0.2, 0) is 4.74 Å². The lowest BCUT2D eigenvalue weighted by Crippen LogP contribution is -2.32. The number of rotatable bonds is 2. The fraction of sp³-hybridized carbons (Fsp3) is 0.438. The predicted octanol–water partition coefficient (Wildman–Crippen LogP) is 2.97.